The van der Waals surface area contributed by atoms with E-state index in [1.54, 1.807) is 24.5 Å². The van der Waals surface area contributed by atoms with Crippen molar-refractivity contribution >= 4 is 17.5 Å². The molecule has 1 spiro atoms. The molecule has 0 radical (unpaired) electrons. The summed E-state index contributed by atoms with van der Waals surface area (Å²) in [5.41, 5.74) is 3.15. The maximum Gasteiger partial charge on any atom is 0.258 e. The molecule has 176 valence electrons. The van der Waals surface area contributed by atoms with E-state index in [-0.39, 0.29) is 17.0 Å². The number of rotatable bonds is 5. The van der Waals surface area contributed by atoms with E-state index in [1.807, 2.05) is 18.2 Å². The normalized spacial score (nSPS) is 24.5. The van der Waals surface area contributed by atoms with Gasteiger partial charge in [0.05, 0.1) is 24.7 Å². The third kappa shape index (κ3) is 4.29. The van der Waals surface area contributed by atoms with Crippen LogP contribution in [0.2, 0.25) is 0 Å². The molecule has 1 aliphatic carbocycles. The van der Waals surface area contributed by atoms with Crippen LogP contribution in [0.3, 0.4) is 0 Å². The predicted octanol–water partition coefficient (Wildman–Crippen LogP) is 3.87. The highest BCUT2D eigenvalue weighted by Crippen LogP contribution is 2.46. The summed E-state index contributed by atoms with van der Waals surface area (Å²) in [4.78, 5) is 25.8. The molecule has 7 heteroatoms. The van der Waals surface area contributed by atoms with E-state index in [4.69, 9.17) is 0 Å². The lowest BCUT2D eigenvalue weighted by Crippen LogP contribution is -2.53. The minimum Gasteiger partial charge on any atom is -0.354 e. The van der Waals surface area contributed by atoms with E-state index in [2.05, 4.69) is 74.8 Å². The molecule has 1 saturated heterocycles. The van der Waals surface area contributed by atoms with Crippen molar-refractivity contribution in [2.45, 2.75) is 36.8 Å². The Kier molecular flexibility index (Phi) is 6.06. The van der Waals surface area contributed by atoms with Gasteiger partial charge in [-0.05, 0) is 57.5 Å². The van der Waals surface area contributed by atoms with Crippen LogP contribution < -0.4 is 15.5 Å². The van der Waals surface area contributed by atoms with E-state index >= 15 is 0 Å². The molecule has 2 heterocycles. The van der Waals surface area contributed by atoms with Gasteiger partial charge in [0.25, 0.3) is 5.91 Å². The van der Waals surface area contributed by atoms with Crippen LogP contribution in [0.15, 0.2) is 73.1 Å². The van der Waals surface area contributed by atoms with Crippen molar-refractivity contribution in [3.8, 4) is 0 Å². The van der Waals surface area contributed by atoms with Gasteiger partial charge in [-0.1, -0.05) is 48.5 Å². The Morgan fingerprint density at radius 1 is 0.941 bits per heavy atom. The van der Waals surface area contributed by atoms with Crippen LogP contribution >= 0.6 is 0 Å². The van der Waals surface area contributed by atoms with E-state index in [9.17, 15) is 4.79 Å². The molecular weight excluding hydrogens is 424 g/mol. The van der Waals surface area contributed by atoms with E-state index in [0.29, 0.717) is 11.5 Å². The Morgan fingerprint density at radius 3 is 2.18 bits per heavy atom. The van der Waals surface area contributed by atoms with E-state index < -0.39 is 0 Å². The Bertz CT molecular complexity index is 1110. The number of nitrogens with zero attached hydrogens (tertiary/aromatic N) is 4. The summed E-state index contributed by atoms with van der Waals surface area (Å²) in [6, 6.07) is 20.0. The molecule has 2 N–H and O–H groups in total. The second-order valence-electron chi connectivity index (χ2n) is 9.69. The molecule has 1 amide bonds. The summed E-state index contributed by atoms with van der Waals surface area (Å²) in [7, 11) is 4.41. The van der Waals surface area contributed by atoms with Crippen molar-refractivity contribution in [1.82, 2.24) is 20.2 Å². The number of benzene rings is 2. The third-order valence-electron chi connectivity index (χ3n) is 7.60. The molecule has 0 bridgehead atoms. The topological polar surface area (TPSA) is 73.4 Å². The zero-order valence-electron chi connectivity index (χ0n) is 19.9. The highest BCUT2D eigenvalue weighted by molar-refractivity contribution is 6.03. The SMILES string of the molecule is CN(C)C1(c2ccccc2)CCC2(CC1)CN(c1cnc(NC(=O)c3ccccc3)nc1)CN2. The highest BCUT2D eigenvalue weighted by Gasteiger charge is 2.47. The van der Waals surface area contributed by atoms with Crippen molar-refractivity contribution in [2.75, 3.05) is 37.5 Å². The molecule has 1 aromatic heterocycles. The zero-order chi connectivity index (χ0) is 23.6. The summed E-state index contributed by atoms with van der Waals surface area (Å²) >= 11 is 0. The predicted molar refractivity (Wildman–Crippen MR) is 135 cm³/mol. The molecule has 34 heavy (non-hydrogen) atoms. The van der Waals surface area contributed by atoms with Gasteiger partial charge in [-0.15, -0.1) is 0 Å². The minimum atomic E-state index is -0.208. The van der Waals surface area contributed by atoms with Gasteiger partial charge in [0.1, 0.15) is 0 Å². The molecule has 2 aliphatic rings. The molecule has 2 fully saturated rings. The molecule has 0 atom stereocenters. The maximum absolute atomic E-state index is 12.3. The fourth-order valence-corrected chi connectivity index (χ4v) is 5.45. The monoisotopic (exact) mass is 456 g/mol. The molecule has 5 rings (SSSR count). The van der Waals surface area contributed by atoms with Gasteiger partial charge in [0.2, 0.25) is 5.95 Å². The van der Waals surface area contributed by atoms with Gasteiger partial charge in [-0.3, -0.25) is 20.3 Å². The van der Waals surface area contributed by atoms with Crippen molar-refractivity contribution < 1.29 is 4.79 Å². The first-order valence-electron chi connectivity index (χ1n) is 11.9. The van der Waals surface area contributed by atoms with Gasteiger partial charge < -0.3 is 4.90 Å². The second kappa shape index (κ2) is 9.16. The summed E-state index contributed by atoms with van der Waals surface area (Å²) in [6.07, 6.45) is 8.05. The lowest BCUT2D eigenvalue weighted by molar-refractivity contribution is 0.0646. The Labute approximate surface area is 201 Å². The van der Waals surface area contributed by atoms with Crippen LogP contribution in [0.25, 0.3) is 0 Å². The van der Waals surface area contributed by atoms with E-state index in [0.717, 1.165) is 44.6 Å². The maximum atomic E-state index is 12.3. The van der Waals surface area contributed by atoms with Gasteiger partial charge in [0.15, 0.2) is 0 Å². The zero-order valence-corrected chi connectivity index (χ0v) is 19.9. The van der Waals surface area contributed by atoms with Crippen LogP contribution in [-0.2, 0) is 5.54 Å². The summed E-state index contributed by atoms with van der Waals surface area (Å²) in [5.74, 6) is 0.107. The van der Waals surface area contributed by atoms with Crippen LogP contribution in [0.5, 0.6) is 0 Å². The number of anilines is 2. The third-order valence-corrected chi connectivity index (χ3v) is 7.60. The molecule has 1 saturated carbocycles. The van der Waals surface area contributed by atoms with Crippen LogP contribution in [0.4, 0.5) is 11.6 Å². The van der Waals surface area contributed by atoms with Gasteiger partial charge in [0, 0.05) is 23.2 Å². The first-order valence-corrected chi connectivity index (χ1v) is 11.9. The van der Waals surface area contributed by atoms with Crippen molar-refractivity contribution in [3.05, 3.63) is 84.2 Å². The first-order chi connectivity index (χ1) is 16.5. The number of amides is 1. The molecule has 3 aromatic rings. The largest absolute Gasteiger partial charge is 0.354 e. The smallest absolute Gasteiger partial charge is 0.258 e. The summed E-state index contributed by atoms with van der Waals surface area (Å²) < 4.78 is 0. The lowest BCUT2D eigenvalue weighted by Gasteiger charge is -2.49. The van der Waals surface area contributed by atoms with Crippen molar-refractivity contribution in [2.24, 2.45) is 0 Å². The first kappa shape index (κ1) is 22.5. The molecular formula is C27H32N6O. The average Bonchev–Trinajstić information content (AvgIpc) is 3.29. The van der Waals surface area contributed by atoms with Crippen LogP contribution in [-0.4, -0.2) is 53.6 Å². The second-order valence-corrected chi connectivity index (χ2v) is 9.69. The molecule has 2 aromatic carbocycles. The summed E-state index contributed by atoms with van der Waals surface area (Å²) in [5, 5.41) is 6.57. The van der Waals surface area contributed by atoms with Gasteiger partial charge in [-0.25, -0.2) is 9.97 Å². The van der Waals surface area contributed by atoms with E-state index in [1.165, 1.54) is 5.56 Å². The number of carbonyl (C=O) groups excluding carboxylic acids is 1. The van der Waals surface area contributed by atoms with Gasteiger partial charge in [-0.2, -0.15) is 0 Å². The molecule has 7 nitrogen and oxygen atoms in total. The van der Waals surface area contributed by atoms with Crippen LogP contribution in [0.1, 0.15) is 41.6 Å². The average molecular weight is 457 g/mol. The van der Waals surface area contributed by atoms with Gasteiger partial charge >= 0.3 is 0 Å². The molecule has 1 aliphatic heterocycles. The number of aromatic nitrogens is 2. The quantitative estimate of drug-likeness (QED) is 0.607. The van der Waals surface area contributed by atoms with Crippen LogP contribution in [0, 0.1) is 0 Å². The Balaban J connectivity index is 1.23. The minimum absolute atomic E-state index is 0.0866. The Morgan fingerprint density at radius 2 is 1.56 bits per heavy atom. The number of nitrogens with one attached hydrogen (secondary N) is 2. The fraction of sp³-hybridized carbons (Fsp3) is 0.370. The lowest BCUT2D eigenvalue weighted by atomic mass is 9.69. The number of carbonyl (C=O) groups is 1. The fourth-order valence-electron chi connectivity index (χ4n) is 5.45. The van der Waals surface area contributed by atoms with Crippen molar-refractivity contribution in [3.63, 3.8) is 0 Å². The standard InChI is InChI=1S/C27H32N6O/c1-32(2)27(22-11-7-4-8-12-22)15-13-26(14-16-27)19-33(20-30-26)23-17-28-25(29-18-23)31-24(34)21-9-5-3-6-10-21/h3-12,17-18,30H,13-16,19-20H2,1-2H3,(H,28,29,31,34). The number of hydrogen-bond acceptors (Lipinski definition) is 6. The molecule has 0 unspecified atom stereocenters. The van der Waals surface area contributed by atoms with Crippen molar-refractivity contribution in [1.29, 1.82) is 0 Å². The highest BCUT2D eigenvalue weighted by atomic mass is 16.1. The summed E-state index contributed by atoms with van der Waals surface area (Å²) in [6.45, 7) is 1.71. The Hall–Kier alpha value is -3.29. The number of hydrogen-bond donors (Lipinski definition) is 2.